The highest BCUT2D eigenvalue weighted by atomic mass is 35.5. The normalized spacial score (nSPS) is 10.4. The molecule has 0 saturated carbocycles. The number of carbonyl (C=O) groups excluding carboxylic acids is 2. The van der Waals surface area contributed by atoms with Crippen LogP contribution in [-0.4, -0.2) is 40.8 Å². The number of rotatable bonds is 5. The summed E-state index contributed by atoms with van der Waals surface area (Å²) in [7, 11) is 0. The predicted molar refractivity (Wildman–Crippen MR) is 72.2 cm³/mol. The second-order valence-electron chi connectivity index (χ2n) is 3.87. The van der Waals surface area contributed by atoms with Crippen LogP contribution in [0, 0.1) is 0 Å². The summed E-state index contributed by atoms with van der Waals surface area (Å²) in [6, 6.07) is 5.21. The summed E-state index contributed by atoms with van der Waals surface area (Å²) < 4.78 is 0. The zero-order valence-electron chi connectivity index (χ0n) is 10.1. The molecular weight excluding hydrogens is 268 g/mol. The highest BCUT2D eigenvalue weighted by Crippen LogP contribution is 2.11. The van der Waals surface area contributed by atoms with Crippen molar-refractivity contribution in [2.45, 2.75) is 0 Å². The molecule has 100 valence electrons. The molecule has 6 nitrogen and oxygen atoms in total. The number of aromatic nitrogens is 2. The minimum absolute atomic E-state index is 0.0789. The quantitative estimate of drug-likeness (QED) is 0.555. The number of H-pyrrole nitrogens is 1. The summed E-state index contributed by atoms with van der Waals surface area (Å²) in [5.41, 5.74) is 2.16. The van der Waals surface area contributed by atoms with Gasteiger partial charge in [0, 0.05) is 18.7 Å². The van der Waals surface area contributed by atoms with Gasteiger partial charge in [-0.2, -0.15) is 0 Å². The second-order valence-corrected chi connectivity index (χ2v) is 4.14. The van der Waals surface area contributed by atoms with Gasteiger partial charge < -0.3 is 15.6 Å². The van der Waals surface area contributed by atoms with Gasteiger partial charge in [0.15, 0.2) is 0 Å². The van der Waals surface area contributed by atoms with Crippen molar-refractivity contribution in [2.75, 3.05) is 19.0 Å². The van der Waals surface area contributed by atoms with Gasteiger partial charge in [0.2, 0.25) is 5.91 Å². The monoisotopic (exact) mass is 280 g/mol. The number of fused-ring (bicyclic) bond motifs is 1. The zero-order chi connectivity index (χ0) is 13.7. The van der Waals surface area contributed by atoms with E-state index in [2.05, 4.69) is 20.6 Å². The molecule has 0 spiro atoms. The standard InChI is InChI=1S/C12H13ClN4O2/c13-6-11(18)14-3-4-15-12(19)8-1-2-9-10(5-8)17-7-16-9/h1-2,5,7H,3-4,6H2,(H,14,18)(H,15,19)(H,16,17). The van der Waals surface area contributed by atoms with Crippen LogP contribution in [0.2, 0.25) is 0 Å². The average molecular weight is 281 g/mol. The Bertz CT molecular complexity index is 596. The van der Waals surface area contributed by atoms with Crippen LogP contribution in [0.4, 0.5) is 0 Å². The first-order valence-electron chi connectivity index (χ1n) is 5.74. The topological polar surface area (TPSA) is 86.9 Å². The van der Waals surface area contributed by atoms with Crippen molar-refractivity contribution >= 4 is 34.4 Å². The molecule has 0 unspecified atom stereocenters. The molecule has 1 heterocycles. The third-order valence-electron chi connectivity index (χ3n) is 2.54. The van der Waals surface area contributed by atoms with Gasteiger partial charge >= 0.3 is 0 Å². The van der Waals surface area contributed by atoms with E-state index < -0.39 is 0 Å². The van der Waals surface area contributed by atoms with Crippen LogP contribution in [-0.2, 0) is 4.79 Å². The first-order valence-corrected chi connectivity index (χ1v) is 6.28. The summed E-state index contributed by atoms with van der Waals surface area (Å²) in [4.78, 5) is 29.7. The van der Waals surface area contributed by atoms with Gasteiger partial charge in [-0.05, 0) is 18.2 Å². The summed E-state index contributed by atoms with van der Waals surface area (Å²) >= 11 is 5.33. The van der Waals surface area contributed by atoms with Crippen LogP contribution in [0.25, 0.3) is 11.0 Å². The fourth-order valence-electron chi connectivity index (χ4n) is 1.60. The molecule has 0 atom stereocenters. The smallest absolute Gasteiger partial charge is 0.251 e. The number of aromatic amines is 1. The third-order valence-corrected chi connectivity index (χ3v) is 2.78. The van der Waals surface area contributed by atoms with Crippen LogP contribution in [0.1, 0.15) is 10.4 Å². The molecule has 7 heteroatoms. The number of carbonyl (C=O) groups is 2. The summed E-state index contributed by atoms with van der Waals surface area (Å²) in [6.07, 6.45) is 1.58. The SMILES string of the molecule is O=C(CCl)NCCNC(=O)c1ccc2nc[nH]c2c1. The lowest BCUT2D eigenvalue weighted by atomic mass is 10.2. The number of amides is 2. The van der Waals surface area contributed by atoms with Crippen molar-refractivity contribution in [1.82, 2.24) is 20.6 Å². The van der Waals surface area contributed by atoms with Crippen molar-refractivity contribution in [1.29, 1.82) is 0 Å². The van der Waals surface area contributed by atoms with Crippen LogP contribution in [0.3, 0.4) is 0 Å². The summed E-state index contributed by atoms with van der Waals surface area (Å²) in [6.45, 7) is 0.700. The van der Waals surface area contributed by atoms with E-state index in [9.17, 15) is 9.59 Å². The minimum Gasteiger partial charge on any atom is -0.353 e. The lowest BCUT2D eigenvalue weighted by Crippen LogP contribution is -2.35. The van der Waals surface area contributed by atoms with Gasteiger partial charge in [0.1, 0.15) is 5.88 Å². The molecule has 0 aliphatic rings. The Balaban J connectivity index is 1.87. The number of hydrogen-bond acceptors (Lipinski definition) is 3. The van der Waals surface area contributed by atoms with E-state index >= 15 is 0 Å². The fourth-order valence-corrected chi connectivity index (χ4v) is 1.70. The molecule has 1 aromatic carbocycles. The Morgan fingerprint density at radius 3 is 2.84 bits per heavy atom. The van der Waals surface area contributed by atoms with E-state index in [1.807, 2.05) is 0 Å². The molecule has 0 radical (unpaired) electrons. The Hall–Kier alpha value is -2.08. The molecule has 0 aliphatic heterocycles. The van der Waals surface area contributed by atoms with Crippen molar-refractivity contribution in [2.24, 2.45) is 0 Å². The molecular formula is C12H13ClN4O2. The molecule has 0 fully saturated rings. The Kier molecular flexibility index (Phi) is 4.35. The molecule has 0 aliphatic carbocycles. The number of nitrogens with one attached hydrogen (secondary N) is 3. The predicted octanol–water partition coefficient (Wildman–Crippen LogP) is 0.648. The van der Waals surface area contributed by atoms with E-state index in [4.69, 9.17) is 11.6 Å². The van der Waals surface area contributed by atoms with Gasteiger partial charge in [-0.3, -0.25) is 9.59 Å². The Morgan fingerprint density at radius 2 is 2.05 bits per heavy atom. The molecule has 1 aromatic heterocycles. The number of alkyl halides is 1. The second kappa shape index (κ2) is 6.19. The minimum atomic E-state index is -0.255. The van der Waals surface area contributed by atoms with Gasteiger partial charge in [-0.1, -0.05) is 0 Å². The third kappa shape index (κ3) is 3.45. The van der Waals surface area contributed by atoms with Crippen molar-refractivity contribution in [3.8, 4) is 0 Å². The molecule has 3 N–H and O–H groups in total. The zero-order valence-corrected chi connectivity index (χ0v) is 10.8. The van der Waals surface area contributed by atoms with Crippen LogP contribution in [0.15, 0.2) is 24.5 Å². The van der Waals surface area contributed by atoms with E-state index in [1.54, 1.807) is 24.5 Å². The van der Waals surface area contributed by atoms with E-state index in [1.165, 1.54) is 0 Å². The van der Waals surface area contributed by atoms with Gasteiger partial charge in [0.05, 0.1) is 17.4 Å². The first-order chi connectivity index (χ1) is 9.20. The fraction of sp³-hybridized carbons (Fsp3) is 0.250. The molecule has 19 heavy (non-hydrogen) atoms. The summed E-state index contributed by atoms with van der Waals surface area (Å²) in [5, 5.41) is 5.27. The number of nitrogens with zero attached hydrogens (tertiary/aromatic N) is 1. The number of imidazole rings is 1. The van der Waals surface area contributed by atoms with Gasteiger partial charge in [0.25, 0.3) is 5.91 Å². The lowest BCUT2D eigenvalue weighted by molar-refractivity contribution is -0.118. The first kappa shape index (κ1) is 13.4. The number of hydrogen-bond donors (Lipinski definition) is 3. The molecule has 0 saturated heterocycles. The molecule has 2 aromatic rings. The van der Waals surface area contributed by atoms with Crippen LogP contribution in [0.5, 0.6) is 0 Å². The van der Waals surface area contributed by atoms with Crippen molar-refractivity contribution in [3.63, 3.8) is 0 Å². The van der Waals surface area contributed by atoms with Crippen LogP contribution < -0.4 is 10.6 Å². The maximum atomic E-state index is 11.8. The van der Waals surface area contributed by atoms with Crippen molar-refractivity contribution < 1.29 is 9.59 Å². The maximum absolute atomic E-state index is 11.8. The van der Waals surface area contributed by atoms with Crippen molar-refractivity contribution in [3.05, 3.63) is 30.1 Å². The van der Waals surface area contributed by atoms with Gasteiger partial charge in [-0.25, -0.2) is 4.98 Å². The summed E-state index contributed by atoms with van der Waals surface area (Å²) in [5.74, 6) is -0.531. The van der Waals surface area contributed by atoms with E-state index in [0.29, 0.717) is 18.7 Å². The van der Waals surface area contributed by atoms with E-state index in [-0.39, 0.29) is 17.7 Å². The number of halogens is 1. The van der Waals surface area contributed by atoms with E-state index in [0.717, 1.165) is 11.0 Å². The average Bonchev–Trinajstić information content (AvgIpc) is 2.90. The Morgan fingerprint density at radius 1 is 1.26 bits per heavy atom. The highest BCUT2D eigenvalue weighted by molar-refractivity contribution is 6.27. The molecule has 2 rings (SSSR count). The largest absolute Gasteiger partial charge is 0.353 e. The molecule has 0 bridgehead atoms. The highest BCUT2D eigenvalue weighted by Gasteiger charge is 2.06. The van der Waals surface area contributed by atoms with Crippen LogP contribution >= 0.6 is 11.6 Å². The Labute approximate surface area is 114 Å². The maximum Gasteiger partial charge on any atom is 0.251 e. The molecule has 2 amide bonds. The number of benzene rings is 1. The lowest BCUT2D eigenvalue weighted by Gasteiger charge is -2.06. The van der Waals surface area contributed by atoms with Gasteiger partial charge in [-0.15, -0.1) is 11.6 Å².